The minimum atomic E-state index is -1.05. The zero-order chi connectivity index (χ0) is 24.7. The number of carbonyl (C=O) groups is 3. The van der Waals surface area contributed by atoms with Crippen molar-refractivity contribution in [1.82, 2.24) is 10.3 Å². The number of nitrogens with zero attached hydrogens (tertiary/aromatic N) is 1. The second kappa shape index (κ2) is 11.4. The number of esters is 2. The van der Waals surface area contributed by atoms with Crippen molar-refractivity contribution in [3.8, 4) is 11.5 Å². The lowest BCUT2D eigenvalue weighted by molar-refractivity contribution is -0.151. The number of nitrogens with one attached hydrogen (secondary N) is 1. The van der Waals surface area contributed by atoms with Gasteiger partial charge in [-0.05, 0) is 31.4 Å². The monoisotopic (exact) mass is 460 g/mol. The summed E-state index contributed by atoms with van der Waals surface area (Å²) in [7, 11) is 1.35. The van der Waals surface area contributed by atoms with Crippen molar-refractivity contribution in [3.05, 3.63) is 53.6 Å². The standard InChI is InChI=1S/C24H29FN2O6/c1-13(2)20(17-9-7-8-10-18(17)25)15(4)32-24(30)14(3)27-23(29)21-22(33-16(5)28)19(31-6)11-12-26-21/h7-15,20H,1-6H3,(H,27,29)/t14-,15-,20+/m0/s1. The van der Waals surface area contributed by atoms with E-state index < -0.39 is 30.0 Å². The largest absolute Gasteiger partial charge is 0.493 e. The Kier molecular flexibility index (Phi) is 8.90. The van der Waals surface area contributed by atoms with Gasteiger partial charge in [-0.15, -0.1) is 0 Å². The Morgan fingerprint density at radius 3 is 2.30 bits per heavy atom. The van der Waals surface area contributed by atoms with Crippen LogP contribution >= 0.6 is 0 Å². The molecule has 3 atom stereocenters. The Hall–Kier alpha value is -3.49. The molecule has 1 aromatic carbocycles. The normalized spacial score (nSPS) is 13.6. The van der Waals surface area contributed by atoms with Crippen molar-refractivity contribution < 1.29 is 33.0 Å². The summed E-state index contributed by atoms with van der Waals surface area (Å²) in [4.78, 5) is 40.8. The van der Waals surface area contributed by atoms with Crippen molar-refractivity contribution in [1.29, 1.82) is 0 Å². The number of methoxy groups -OCH3 is 1. The summed E-state index contributed by atoms with van der Waals surface area (Å²) < 4.78 is 30.1. The summed E-state index contributed by atoms with van der Waals surface area (Å²) >= 11 is 0. The number of hydrogen-bond donors (Lipinski definition) is 1. The van der Waals surface area contributed by atoms with Gasteiger partial charge in [0.25, 0.3) is 5.91 Å². The van der Waals surface area contributed by atoms with Crippen LogP contribution in [0.4, 0.5) is 4.39 Å². The molecule has 1 N–H and O–H groups in total. The summed E-state index contributed by atoms with van der Waals surface area (Å²) in [6.07, 6.45) is 0.660. The van der Waals surface area contributed by atoms with Crippen molar-refractivity contribution in [2.24, 2.45) is 5.92 Å². The molecule has 2 rings (SSSR count). The lowest BCUT2D eigenvalue weighted by Gasteiger charge is -2.29. The highest BCUT2D eigenvalue weighted by Crippen LogP contribution is 2.32. The number of aromatic nitrogens is 1. The van der Waals surface area contributed by atoms with Gasteiger partial charge >= 0.3 is 11.9 Å². The Morgan fingerprint density at radius 2 is 1.73 bits per heavy atom. The van der Waals surface area contributed by atoms with E-state index in [1.165, 1.54) is 39.3 Å². The molecular formula is C24H29FN2O6. The molecule has 0 aliphatic heterocycles. The highest BCUT2D eigenvalue weighted by molar-refractivity contribution is 5.98. The van der Waals surface area contributed by atoms with Crippen molar-refractivity contribution in [3.63, 3.8) is 0 Å². The van der Waals surface area contributed by atoms with E-state index in [4.69, 9.17) is 14.2 Å². The highest BCUT2D eigenvalue weighted by atomic mass is 19.1. The fourth-order valence-corrected chi connectivity index (χ4v) is 3.58. The van der Waals surface area contributed by atoms with Gasteiger partial charge in [0.2, 0.25) is 5.75 Å². The molecule has 0 radical (unpaired) electrons. The van der Waals surface area contributed by atoms with Crippen molar-refractivity contribution in [2.75, 3.05) is 7.11 Å². The van der Waals surface area contributed by atoms with Gasteiger partial charge in [0.1, 0.15) is 18.0 Å². The summed E-state index contributed by atoms with van der Waals surface area (Å²) in [5.41, 5.74) is 0.236. The fraction of sp³-hybridized carbons (Fsp3) is 0.417. The minimum Gasteiger partial charge on any atom is -0.493 e. The van der Waals surface area contributed by atoms with Crippen LogP contribution in [0.3, 0.4) is 0 Å². The third kappa shape index (κ3) is 6.50. The van der Waals surface area contributed by atoms with Gasteiger partial charge in [0.05, 0.1) is 7.11 Å². The zero-order valence-corrected chi connectivity index (χ0v) is 19.5. The summed E-state index contributed by atoms with van der Waals surface area (Å²) in [6, 6.07) is 6.74. The molecule has 0 unspecified atom stereocenters. The lowest BCUT2D eigenvalue weighted by Crippen LogP contribution is -2.42. The number of carbonyl (C=O) groups excluding carboxylic acids is 3. The second-order valence-corrected chi connectivity index (χ2v) is 7.91. The first-order chi connectivity index (χ1) is 15.6. The number of rotatable bonds is 9. The predicted molar refractivity (Wildman–Crippen MR) is 119 cm³/mol. The molecule has 0 aliphatic carbocycles. The maximum Gasteiger partial charge on any atom is 0.328 e. The zero-order valence-electron chi connectivity index (χ0n) is 19.5. The van der Waals surface area contributed by atoms with Gasteiger partial charge in [0.15, 0.2) is 11.4 Å². The molecule has 9 heteroatoms. The average molecular weight is 461 g/mol. The van der Waals surface area contributed by atoms with Gasteiger partial charge in [0, 0.05) is 25.1 Å². The molecule has 8 nitrogen and oxygen atoms in total. The Labute approximate surface area is 192 Å². The molecule has 0 bridgehead atoms. The number of hydrogen-bond acceptors (Lipinski definition) is 7. The third-order valence-corrected chi connectivity index (χ3v) is 5.04. The van der Waals surface area contributed by atoms with E-state index in [1.54, 1.807) is 25.1 Å². The quantitative estimate of drug-likeness (QED) is 0.570. The molecule has 1 aromatic heterocycles. The van der Waals surface area contributed by atoms with E-state index >= 15 is 0 Å². The van der Waals surface area contributed by atoms with Crippen LogP contribution in [0.5, 0.6) is 11.5 Å². The Balaban J connectivity index is 2.15. The molecule has 0 fully saturated rings. The summed E-state index contributed by atoms with van der Waals surface area (Å²) in [5, 5.41) is 2.49. The van der Waals surface area contributed by atoms with Crippen LogP contribution in [0, 0.1) is 11.7 Å². The number of pyridine rings is 1. The van der Waals surface area contributed by atoms with E-state index in [0.717, 1.165) is 0 Å². The van der Waals surface area contributed by atoms with Gasteiger partial charge in [-0.3, -0.25) is 9.59 Å². The van der Waals surface area contributed by atoms with Gasteiger partial charge < -0.3 is 19.5 Å². The molecule has 178 valence electrons. The van der Waals surface area contributed by atoms with Crippen LogP contribution in [0.2, 0.25) is 0 Å². The number of halogens is 1. The van der Waals surface area contributed by atoms with Crippen LogP contribution in [0.1, 0.15) is 56.6 Å². The first-order valence-electron chi connectivity index (χ1n) is 10.5. The number of amides is 1. The molecule has 0 saturated heterocycles. The smallest absolute Gasteiger partial charge is 0.328 e. The molecular weight excluding hydrogens is 431 g/mol. The van der Waals surface area contributed by atoms with Crippen molar-refractivity contribution >= 4 is 17.8 Å². The third-order valence-electron chi connectivity index (χ3n) is 5.04. The fourth-order valence-electron chi connectivity index (χ4n) is 3.58. The van der Waals surface area contributed by atoms with E-state index in [0.29, 0.717) is 5.56 Å². The number of benzene rings is 1. The van der Waals surface area contributed by atoms with E-state index in [2.05, 4.69) is 10.3 Å². The Bertz CT molecular complexity index is 1010. The first kappa shape index (κ1) is 25.8. The highest BCUT2D eigenvalue weighted by Gasteiger charge is 2.30. The van der Waals surface area contributed by atoms with Gasteiger partial charge in [-0.25, -0.2) is 14.2 Å². The van der Waals surface area contributed by atoms with Crippen LogP contribution in [0.25, 0.3) is 0 Å². The predicted octanol–water partition coefficient (Wildman–Crippen LogP) is 3.64. The van der Waals surface area contributed by atoms with E-state index in [9.17, 15) is 18.8 Å². The second-order valence-electron chi connectivity index (χ2n) is 7.91. The summed E-state index contributed by atoms with van der Waals surface area (Å²) in [5.74, 6) is -2.90. The molecule has 0 aliphatic rings. The molecule has 1 heterocycles. The molecule has 1 amide bonds. The number of ether oxygens (including phenoxy) is 3. The maximum absolute atomic E-state index is 14.4. The van der Waals surface area contributed by atoms with Crippen molar-refractivity contribution in [2.45, 2.75) is 52.7 Å². The van der Waals surface area contributed by atoms with Crippen LogP contribution < -0.4 is 14.8 Å². The average Bonchev–Trinajstić information content (AvgIpc) is 2.74. The van der Waals surface area contributed by atoms with E-state index in [1.807, 2.05) is 13.8 Å². The molecule has 0 spiro atoms. The molecule has 0 saturated carbocycles. The molecule has 2 aromatic rings. The minimum absolute atomic E-state index is 0.0122. The maximum atomic E-state index is 14.4. The van der Waals surface area contributed by atoms with Crippen LogP contribution in [-0.2, 0) is 14.3 Å². The van der Waals surface area contributed by atoms with Crippen LogP contribution in [0.15, 0.2) is 36.5 Å². The first-order valence-corrected chi connectivity index (χ1v) is 10.5. The van der Waals surface area contributed by atoms with Crippen LogP contribution in [-0.4, -0.2) is 42.1 Å². The lowest BCUT2D eigenvalue weighted by atomic mass is 9.84. The van der Waals surface area contributed by atoms with E-state index in [-0.39, 0.29) is 34.8 Å². The molecule has 33 heavy (non-hydrogen) atoms. The van der Waals surface area contributed by atoms with Gasteiger partial charge in [-0.2, -0.15) is 0 Å². The Morgan fingerprint density at radius 1 is 1.06 bits per heavy atom. The summed E-state index contributed by atoms with van der Waals surface area (Å²) in [6.45, 7) is 8.14. The topological polar surface area (TPSA) is 104 Å². The van der Waals surface area contributed by atoms with Gasteiger partial charge in [-0.1, -0.05) is 32.0 Å². The SMILES string of the molecule is COc1ccnc(C(=O)N[C@@H](C)C(=O)O[C@@H](C)[C@H](c2ccccc2F)C(C)C)c1OC(C)=O.